The van der Waals surface area contributed by atoms with Crippen LogP contribution >= 0.6 is 0 Å². The van der Waals surface area contributed by atoms with Gasteiger partial charge in [0.15, 0.2) is 5.78 Å². The van der Waals surface area contributed by atoms with Gasteiger partial charge in [0, 0.05) is 29.5 Å². The van der Waals surface area contributed by atoms with Crippen molar-refractivity contribution in [2.75, 3.05) is 7.11 Å². The molecule has 0 saturated carbocycles. The zero-order chi connectivity index (χ0) is 27.5. The van der Waals surface area contributed by atoms with Gasteiger partial charge < -0.3 is 19.9 Å². The lowest BCUT2D eigenvalue weighted by Gasteiger charge is -2.39. The largest absolute Gasteiger partial charge is 0.496 e. The number of allylic oxidation sites excluding steroid dienone is 2. The van der Waals surface area contributed by atoms with Crippen molar-refractivity contribution < 1.29 is 29.0 Å². The molecule has 2 N–H and O–H groups in total. The third-order valence-electron chi connectivity index (χ3n) is 7.66. The highest BCUT2D eigenvalue weighted by Crippen LogP contribution is 2.53. The second-order valence-corrected chi connectivity index (χ2v) is 11.4. The number of Topliss-reactive ketones (excluding diaryl/α,β-unsaturated/α-hetero) is 1. The van der Waals surface area contributed by atoms with E-state index >= 15 is 0 Å². The number of ketones is 1. The van der Waals surface area contributed by atoms with Crippen molar-refractivity contribution in [3.63, 3.8) is 0 Å². The van der Waals surface area contributed by atoms with Gasteiger partial charge in [0.05, 0.1) is 30.3 Å². The molecule has 2 aliphatic heterocycles. The Morgan fingerprint density at radius 2 is 1.89 bits per heavy atom. The summed E-state index contributed by atoms with van der Waals surface area (Å²) in [5.74, 6) is -0.323. The van der Waals surface area contributed by atoms with Crippen LogP contribution < -0.4 is 10.1 Å². The van der Waals surface area contributed by atoms with Gasteiger partial charge in [0.1, 0.15) is 23.0 Å². The summed E-state index contributed by atoms with van der Waals surface area (Å²) >= 11 is 0. The van der Waals surface area contributed by atoms with Gasteiger partial charge in [-0.3, -0.25) is 9.59 Å². The number of methoxy groups -OCH3 is 1. The summed E-state index contributed by atoms with van der Waals surface area (Å²) in [6.45, 7) is 10.0. The number of hydrogen-bond acceptors (Lipinski definition) is 6. The smallest absolute Gasteiger partial charge is 0.354 e. The van der Waals surface area contributed by atoms with E-state index in [1.54, 1.807) is 25.3 Å². The topological polar surface area (TPSA) is 115 Å². The van der Waals surface area contributed by atoms with Gasteiger partial charge in [0.2, 0.25) is 0 Å². The highest BCUT2D eigenvalue weighted by atomic mass is 16.5. The molecule has 1 aliphatic carbocycles. The van der Waals surface area contributed by atoms with Crippen molar-refractivity contribution in [2.24, 2.45) is 11.3 Å². The molecular weight excluding hydrogens is 484 g/mol. The summed E-state index contributed by atoms with van der Waals surface area (Å²) in [6, 6.07) is 8.14. The molecule has 3 heterocycles. The van der Waals surface area contributed by atoms with Crippen LogP contribution in [0.15, 0.2) is 53.0 Å². The molecular formula is C30H32N2O6. The quantitative estimate of drug-likeness (QED) is 0.579. The predicted octanol–water partition coefficient (Wildman–Crippen LogP) is 4.93. The first kappa shape index (κ1) is 25.7. The maximum absolute atomic E-state index is 13.7. The van der Waals surface area contributed by atoms with Crippen molar-refractivity contribution in [1.82, 2.24) is 10.3 Å². The maximum Gasteiger partial charge on any atom is 0.354 e. The minimum Gasteiger partial charge on any atom is -0.496 e. The first-order chi connectivity index (χ1) is 17.9. The van der Waals surface area contributed by atoms with Crippen molar-refractivity contribution >= 4 is 17.7 Å². The number of aromatic carboxylic acids is 1. The number of carbonyl (C=O) groups is 3. The fourth-order valence-corrected chi connectivity index (χ4v) is 5.90. The third-order valence-corrected chi connectivity index (χ3v) is 7.66. The number of nitrogens with zero attached hydrogens (tertiary/aromatic N) is 1. The third kappa shape index (κ3) is 4.08. The van der Waals surface area contributed by atoms with Crippen LogP contribution in [0.1, 0.15) is 68.1 Å². The predicted molar refractivity (Wildman–Crippen MR) is 141 cm³/mol. The number of benzene rings is 1. The molecule has 8 nitrogen and oxygen atoms in total. The zero-order valence-electron chi connectivity index (χ0n) is 22.5. The lowest BCUT2D eigenvalue weighted by molar-refractivity contribution is -0.119. The second-order valence-electron chi connectivity index (χ2n) is 11.4. The average molecular weight is 517 g/mol. The van der Waals surface area contributed by atoms with Gasteiger partial charge in [-0.1, -0.05) is 33.8 Å². The Kier molecular flexibility index (Phi) is 6.16. The number of pyridine rings is 1. The molecule has 8 heteroatoms. The first-order valence-electron chi connectivity index (χ1n) is 12.8. The van der Waals surface area contributed by atoms with Crippen LogP contribution in [0.25, 0.3) is 11.3 Å². The molecule has 0 saturated heterocycles. The van der Waals surface area contributed by atoms with Crippen LogP contribution in [0.3, 0.4) is 0 Å². The van der Waals surface area contributed by atoms with Crippen LogP contribution in [0, 0.1) is 18.3 Å². The van der Waals surface area contributed by atoms with Gasteiger partial charge in [-0.25, -0.2) is 9.78 Å². The summed E-state index contributed by atoms with van der Waals surface area (Å²) in [6.07, 6.45) is 0.913. The summed E-state index contributed by atoms with van der Waals surface area (Å²) in [5, 5.41) is 12.5. The van der Waals surface area contributed by atoms with E-state index in [1.807, 2.05) is 40.7 Å². The van der Waals surface area contributed by atoms with Gasteiger partial charge in [-0.05, 0) is 48.1 Å². The molecule has 38 heavy (non-hydrogen) atoms. The number of carbonyl (C=O) groups excluding carboxylic acids is 2. The van der Waals surface area contributed by atoms with Crippen molar-refractivity contribution in [1.29, 1.82) is 0 Å². The number of nitrogens with one attached hydrogen (secondary N) is 1. The SMILES string of the molecule is COc1ccc(-c2cccc(C(=O)O)n2)c(C)c1C1C2=C(CC(C)(C)CC2=O)OC2=C1C(=O)N[C@@H]2C(C)C. The van der Waals surface area contributed by atoms with E-state index in [9.17, 15) is 19.5 Å². The number of amides is 1. The zero-order valence-corrected chi connectivity index (χ0v) is 22.5. The minimum atomic E-state index is -1.12. The van der Waals surface area contributed by atoms with E-state index in [2.05, 4.69) is 10.3 Å². The van der Waals surface area contributed by atoms with Crippen molar-refractivity contribution in [3.8, 4) is 17.0 Å². The Hall–Kier alpha value is -3.94. The molecule has 1 aromatic carbocycles. The fourth-order valence-electron chi connectivity index (χ4n) is 5.90. The van der Waals surface area contributed by atoms with Gasteiger partial charge in [0.25, 0.3) is 5.91 Å². The average Bonchev–Trinajstić information content (AvgIpc) is 3.18. The standard InChI is InChI=1S/C30H32N2O6/c1-14(2)26-27-25(28(34)32-26)24(23-19(33)12-30(4,5)13-21(23)38-27)22-15(3)16(10-11-20(22)37-6)17-8-7-9-18(31-17)29(35)36/h7-11,14,24,26H,12-13H2,1-6H3,(H,32,34)(H,35,36)/t24?,26-/m1/s1. The molecule has 198 valence electrons. The molecule has 1 unspecified atom stereocenters. The van der Waals surface area contributed by atoms with Crippen LogP contribution in [0.4, 0.5) is 0 Å². The number of carboxylic acid groups (broad SMARTS) is 1. The Morgan fingerprint density at radius 1 is 1.16 bits per heavy atom. The summed E-state index contributed by atoms with van der Waals surface area (Å²) < 4.78 is 12.2. The van der Waals surface area contributed by atoms with Gasteiger partial charge in [-0.15, -0.1) is 0 Å². The normalized spacial score (nSPS) is 22.2. The number of carboxylic acids is 1. The van der Waals surface area contributed by atoms with E-state index in [4.69, 9.17) is 9.47 Å². The summed E-state index contributed by atoms with van der Waals surface area (Å²) in [7, 11) is 1.56. The lowest BCUT2D eigenvalue weighted by atomic mass is 9.69. The first-order valence-corrected chi connectivity index (χ1v) is 12.8. The van der Waals surface area contributed by atoms with E-state index in [1.165, 1.54) is 6.07 Å². The Morgan fingerprint density at radius 3 is 2.55 bits per heavy atom. The molecule has 0 spiro atoms. The number of ether oxygens (including phenoxy) is 2. The number of rotatable bonds is 5. The van der Waals surface area contributed by atoms with E-state index in [-0.39, 0.29) is 34.8 Å². The van der Waals surface area contributed by atoms with Crippen molar-refractivity contribution in [2.45, 2.75) is 59.4 Å². The van der Waals surface area contributed by atoms with Crippen LogP contribution in [0.5, 0.6) is 5.75 Å². The molecule has 0 radical (unpaired) electrons. The van der Waals surface area contributed by atoms with E-state index in [0.29, 0.717) is 58.1 Å². The molecule has 2 aromatic rings. The minimum absolute atomic E-state index is 0.0496. The van der Waals surface area contributed by atoms with Crippen LogP contribution in [-0.4, -0.2) is 40.9 Å². The molecule has 5 rings (SSSR count). The molecule has 0 fully saturated rings. The Labute approximate surface area is 221 Å². The molecule has 0 bridgehead atoms. The molecule has 3 aliphatic rings. The lowest BCUT2D eigenvalue weighted by Crippen LogP contribution is -2.34. The summed E-state index contributed by atoms with van der Waals surface area (Å²) in [5.41, 5.74) is 3.20. The highest BCUT2D eigenvalue weighted by molar-refractivity contribution is 6.07. The maximum atomic E-state index is 13.7. The molecule has 2 atom stereocenters. The van der Waals surface area contributed by atoms with Crippen LogP contribution in [0.2, 0.25) is 0 Å². The summed E-state index contributed by atoms with van der Waals surface area (Å²) in [4.78, 5) is 43.1. The van der Waals surface area contributed by atoms with Crippen LogP contribution in [-0.2, 0) is 14.3 Å². The highest BCUT2D eigenvalue weighted by Gasteiger charge is 2.50. The second kappa shape index (κ2) is 9.11. The number of hydrogen-bond donors (Lipinski definition) is 2. The molecule has 1 aromatic heterocycles. The van der Waals surface area contributed by atoms with Gasteiger partial charge in [-0.2, -0.15) is 0 Å². The molecule has 1 amide bonds. The van der Waals surface area contributed by atoms with Gasteiger partial charge >= 0.3 is 5.97 Å². The van der Waals surface area contributed by atoms with E-state index < -0.39 is 11.9 Å². The monoisotopic (exact) mass is 516 g/mol. The Balaban J connectivity index is 1.79. The number of aromatic nitrogens is 1. The Bertz CT molecular complexity index is 1450. The van der Waals surface area contributed by atoms with E-state index in [0.717, 1.165) is 5.56 Å². The van der Waals surface area contributed by atoms with Crippen molar-refractivity contribution in [3.05, 3.63) is 69.8 Å². The fraction of sp³-hybridized carbons (Fsp3) is 0.400.